The van der Waals surface area contributed by atoms with Crippen molar-refractivity contribution < 1.29 is 9.53 Å². The molecule has 1 heterocycles. The van der Waals surface area contributed by atoms with Gasteiger partial charge in [0.05, 0.1) is 18.2 Å². The van der Waals surface area contributed by atoms with Gasteiger partial charge in [-0.25, -0.2) is 0 Å². The lowest BCUT2D eigenvalue weighted by Crippen LogP contribution is -2.38. The average Bonchev–Trinajstić information content (AvgIpc) is 3.00. The Labute approximate surface area is 130 Å². The van der Waals surface area contributed by atoms with Crippen molar-refractivity contribution in [3.8, 4) is 11.8 Å². The van der Waals surface area contributed by atoms with Crippen molar-refractivity contribution in [3.63, 3.8) is 0 Å². The summed E-state index contributed by atoms with van der Waals surface area (Å²) in [6, 6.07) is 5.17. The van der Waals surface area contributed by atoms with E-state index in [1.807, 2.05) is 6.92 Å². The summed E-state index contributed by atoms with van der Waals surface area (Å²) in [6.45, 7) is 3.75. The highest BCUT2D eigenvalue weighted by Crippen LogP contribution is 2.19. The predicted molar refractivity (Wildman–Crippen MR) is 83.2 cm³/mol. The molecule has 0 radical (unpaired) electrons. The summed E-state index contributed by atoms with van der Waals surface area (Å²) < 4.78 is 5.34. The van der Waals surface area contributed by atoms with Gasteiger partial charge in [0.2, 0.25) is 0 Å². The summed E-state index contributed by atoms with van der Waals surface area (Å²) in [5, 5.41) is 3.45. The van der Waals surface area contributed by atoms with Crippen molar-refractivity contribution in [3.05, 3.63) is 34.3 Å². The third-order valence-electron chi connectivity index (χ3n) is 3.59. The third kappa shape index (κ3) is 4.21. The molecule has 0 aromatic heterocycles. The molecule has 5 heteroatoms. The second-order valence-corrected chi connectivity index (χ2v) is 5.49. The fourth-order valence-corrected chi connectivity index (χ4v) is 2.49. The molecule has 0 aliphatic carbocycles. The number of carbonyl (C=O) groups is 1. The van der Waals surface area contributed by atoms with Gasteiger partial charge in [0.1, 0.15) is 0 Å². The summed E-state index contributed by atoms with van der Waals surface area (Å²) in [7, 11) is 0. The second-order valence-electron chi connectivity index (χ2n) is 5.09. The Morgan fingerprint density at radius 2 is 2.43 bits per heavy atom. The van der Waals surface area contributed by atoms with E-state index in [1.54, 1.807) is 18.2 Å². The first-order valence-electron chi connectivity index (χ1n) is 6.99. The molecule has 0 bridgehead atoms. The molecule has 2 unspecified atom stereocenters. The molecule has 1 aliphatic rings. The number of nitrogens with one attached hydrogen (secondary N) is 1. The summed E-state index contributed by atoms with van der Waals surface area (Å²) in [5.41, 5.74) is 6.54. The van der Waals surface area contributed by atoms with Gasteiger partial charge in [0.15, 0.2) is 0 Å². The summed E-state index contributed by atoms with van der Waals surface area (Å²) in [4.78, 5) is 12.2. The van der Waals surface area contributed by atoms with Crippen LogP contribution in [0.15, 0.2) is 18.2 Å². The van der Waals surface area contributed by atoms with Crippen LogP contribution in [0.25, 0.3) is 0 Å². The number of hydrogen-bond donors (Lipinski definition) is 2. The quantitative estimate of drug-likeness (QED) is 0.837. The first-order chi connectivity index (χ1) is 10.1. The Morgan fingerprint density at radius 1 is 1.62 bits per heavy atom. The fourth-order valence-electron chi connectivity index (χ4n) is 2.26. The third-order valence-corrected chi connectivity index (χ3v) is 3.90. The minimum absolute atomic E-state index is 0.0792. The molecule has 2 rings (SSSR count). The van der Waals surface area contributed by atoms with E-state index in [2.05, 4.69) is 17.2 Å². The van der Waals surface area contributed by atoms with E-state index in [1.165, 1.54) is 0 Å². The van der Waals surface area contributed by atoms with Crippen LogP contribution in [-0.2, 0) is 4.74 Å². The van der Waals surface area contributed by atoms with E-state index in [9.17, 15) is 4.79 Å². The van der Waals surface area contributed by atoms with Gasteiger partial charge >= 0.3 is 0 Å². The van der Waals surface area contributed by atoms with Crippen LogP contribution < -0.4 is 11.1 Å². The highest BCUT2D eigenvalue weighted by Gasteiger charge is 2.23. The van der Waals surface area contributed by atoms with E-state index >= 15 is 0 Å². The molecule has 1 aromatic rings. The van der Waals surface area contributed by atoms with Crippen LogP contribution in [0.2, 0.25) is 5.02 Å². The summed E-state index contributed by atoms with van der Waals surface area (Å²) in [5.74, 6) is 5.86. The highest BCUT2D eigenvalue weighted by atomic mass is 35.5. The zero-order valence-electron chi connectivity index (χ0n) is 12.0. The lowest BCUT2D eigenvalue weighted by atomic mass is 10.0. The lowest BCUT2D eigenvalue weighted by molar-refractivity contribution is 0.0922. The van der Waals surface area contributed by atoms with Gasteiger partial charge < -0.3 is 15.8 Å². The first kappa shape index (κ1) is 15.8. The number of hydrogen-bond acceptors (Lipinski definition) is 3. The first-order valence-corrected chi connectivity index (χ1v) is 7.36. The molecular weight excluding hydrogens is 288 g/mol. The number of benzene rings is 1. The molecular formula is C16H19ClN2O2. The molecule has 4 nitrogen and oxygen atoms in total. The Hall–Kier alpha value is -1.54. The largest absolute Gasteiger partial charge is 0.381 e. The molecule has 1 amide bonds. The average molecular weight is 307 g/mol. The SMILES string of the molecule is CC(NC(=O)c1ccc(C#CCN)c(Cl)c1)C1CCOC1. The number of halogens is 1. The molecule has 1 aromatic carbocycles. The molecule has 1 aliphatic heterocycles. The van der Waals surface area contributed by atoms with Crippen molar-refractivity contribution in [2.45, 2.75) is 19.4 Å². The van der Waals surface area contributed by atoms with Crippen LogP contribution in [0.1, 0.15) is 29.3 Å². The van der Waals surface area contributed by atoms with Crippen molar-refractivity contribution in [2.75, 3.05) is 19.8 Å². The number of amides is 1. The molecule has 21 heavy (non-hydrogen) atoms. The number of nitrogens with two attached hydrogens (primary N) is 1. The van der Waals surface area contributed by atoms with Crippen LogP contribution in [0, 0.1) is 17.8 Å². The Morgan fingerprint density at radius 3 is 3.05 bits per heavy atom. The van der Waals surface area contributed by atoms with Crippen molar-refractivity contribution in [1.29, 1.82) is 0 Å². The van der Waals surface area contributed by atoms with Gasteiger partial charge in [-0.2, -0.15) is 0 Å². The van der Waals surface area contributed by atoms with Crippen molar-refractivity contribution >= 4 is 17.5 Å². The van der Waals surface area contributed by atoms with Gasteiger partial charge in [-0.1, -0.05) is 23.4 Å². The fraction of sp³-hybridized carbons (Fsp3) is 0.438. The van der Waals surface area contributed by atoms with E-state index in [0.717, 1.165) is 13.0 Å². The standard InChI is InChI=1S/C16H19ClN2O2/c1-11(14-6-8-21-10-14)19-16(20)13-5-4-12(3-2-7-18)15(17)9-13/h4-5,9,11,14H,6-8,10,18H2,1H3,(H,19,20). The van der Waals surface area contributed by atoms with Gasteiger partial charge in [0.25, 0.3) is 5.91 Å². The number of ether oxygens (including phenoxy) is 1. The van der Waals surface area contributed by atoms with E-state index < -0.39 is 0 Å². The number of carbonyl (C=O) groups excluding carboxylic acids is 1. The lowest BCUT2D eigenvalue weighted by Gasteiger charge is -2.19. The highest BCUT2D eigenvalue weighted by molar-refractivity contribution is 6.32. The van der Waals surface area contributed by atoms with Crippen molar-refractivity contribution in [2.24, 2.45) is 11.7 Å². The maximum atomic E-state index is 12.2. The van der Waals surface area contributed by atoms with E-state index in [-0.39, 0.29) is 18.5 Å². The van der Waals surface area contributed by atoms with Crippen molar-refractivity contribution in [1.82, 2.24) is 5.32 Å². The Kier molecular flexibility index (Phi) is 5.63. The van der Waals surface area contributed by atoms with Crippen LogP contribution in [0.5, 0.6) is 0 Å². The molecule has 112 valence electrons. The predicted octanol–water partition coefficient (Wildman–Crippen LogP) is 1.81. The van der Waals surface area contributed by atoms with E-state index in [4.69, 9.17) is 22.1 Å². The molecule has 3 N–H and O–H groups in total. The zero-order chi connectivity index (χ0) is 15.2. The maximum Gasteiger partial charge on any atom is 0.251 e. The minimum Gasteiger partial charge on any atom is -0.381 e. The van der Waals surface area contributed by atoms with Crippen LogP contribution in [0.3, 0.4) is 0 Å². The van der Waals surface area contributed by atoms with Gasteiger partial charge in [-0.15, -0.1) is 0 Å². The van der Waals surface area contributed by atoms with Crippen LogP contribution in [0.4, 0.5) is 0 Å². The minimum atomic E-state index is -0.130. The molecule has 0 spiro atoms. The maximum absolute atomic E-state index is 12.2. The normalized spacial score (nSPS) is 18.7. The smallest absolute Gasteiger partial charge is 0.251 e. The number of rotatable bonds is 3. The summed E-state index contributed by atoms with van der Waals surface area (Å²) >= 11 is 6.13. The molecule has 0 saturated carbocycles. The van der Waals surface area contributed by atoms with Crippen LogP contribution in [-0.4, -0.2) is 31.7 Å². The Bertz CT molecular complexity index is 571. The molecule has 1 saturated heterocycles. The molecule has 1 fully saturated rings. The van der Waals surface area contributed by atoms with Gasteiger partial charge in [-0.05, 0) is 31.5 Å². The summed E-state index contributed by atoms with van der Waals surface area (Å²) in [6.07, 6.45) is 0.982. The topological polar surface area (TPSA) is 64.4 Å². The molecule has 2 atom stereocenters. The van der Waals surface area contributed by atoms with Gasteiger partial charge in [-0.3, -0.25) is 4.79 Å². The zero-order valence-corrected chi connectivity index (χ0v) is 12.7. The van der Waals surface area contributed by atoms with Gasteiger partial charge in [0, 0.05) is 29.7 Å². The van der Waals surface area contributed by atoms with E-state index in [0.29, 0.717) is 28.7 Å². The second kappa shape index (κ2) is 7.46. The Balaban J connectivity index is 2.03. The monoisotopic (exact) mass is 306 g/mol. The van der Waals surface area contributed by atoms with Crippen LogP contribution >= 0.6 is 11.6 Å².